The van der Waals surface area contributed by atoms with Crippen LogP contribution in [-0.4, -0.2) is 23.0 Å². The van der Waals surface area contributed by atoms with Crippen LogP contribution in [0, 0.1) is 5.92 Å². The molecule has 124 valence electrons. The zero-order valence-electron chi connectivity index (χ0n) is 13.2. The van der Waals surface area contributed by atoms with Gasteiger partial charge in [-0.15, -0.1) is 0 Å². The van der Waals surface area contributed by atoms with Gasteiger partial charge in [0.2, 0.25) is 5.91 Å². The van der Waals surface area contributed by atoms with Gasteiger partial charge in [-0.1, -0.05) is 24.3 Å². The largest absolute Gasteiger partial charge is 0.480 e. The van der Waals surface area contributed by atoms with Gasteiger partial charge in [-0.3, -0.25) is 9.59 Å². The molecule has 1 aromatic rings. The van der Waals surface area contributed by atoms with E-state index in [0.29, 0.717) is 0 Å². The van der Waals surface area contributed by atoms with Crippen LogP contribution in [0.1, 0.15) is 37.7 Å². The summed E-state index contributed by atoms with van der Waals surface area (Å²) < 4.78 is 0. The quantitative estimate of drug-likeness (QED) is 0.728. The monoisotopic (exact) mass is 316 g/mol. The summed E-state index contributed by atoms with van der Waals surface area (Å²) in [5.41, 5.74) is 7.10. The Labute approximate surface area is 136 Å². The molecule has 0 aromatic heterocycles. The van der Waals surface area contributed by atoms with E-state index in [2.05, 4.69) is 17.5 Å². The second-order valence-electron chi connectivity index (χ2n) is 6.01. The fourth-order valence-electron chi connectivity index (χ4n) is 2.73. The number of nitrogens with two attached hydrogens (primary N) is 1. The van der Waals surface area contributed by atoms with E-state index in [1.807, 2.05) is 0 Å². The number of hydrogen-bond donors (Lipinski definition) is 3. The van der Waals surface area contributed by atoms with Gasteiger partial charge in [-0.05, 0) is 56.2 Å². The zero-order chi connectivity index (χ0) is 16.7. The molecule has 0 bridgehead atoms. The van der Waals surface area contributed by atoms with Crippen molar-refractivity contribution in [3.05, 3.63) is 42.0 Å². The molecule has 0 saturated carbocycles. The first kappa shape index (κ1) is 17.2. The minimum absolute atomic E-state index is 0.0556. The Balaban J connectivity index is 1.90. The van der Waals surface area contributed by atoms with Crippen LogP contribution in [0.4, 0.5) is 5.69 Å². The van der Waals surface area contributed by atoms with E-state index < -0.39 is 12.0 Å². The number of aliphatic carboxylic acids is 1. The molecule has 0 heterocycles. The first-order chi connectivity index (χ1) is 11.1. The molecule has 1 aromatic carbocycles. The Kier molecular flexibility index (Phi) is 6.35. The number of nitrogens with one attached hydrogen (secondary N) is 1. The lowest BCUT2D eigenvalue weighted by atomic mass is 9.93. The second kappa shape index (κ2) is 8.48. The molecule has 4 N–H and O–H groups in total. The van der Waals surface area contributed by atoms with Crippen LogP contribution in [0.15, 0.2) is 36.4 Å². The highest BCUT2D eigenvalue weighted by atomic mass is 16.4. The maximum Gasteiger partial charge on any atom is 0.320 e. The molecule has 23 heavy (non-hydrogen) atoms. The minimum Gasteiger partial charge on any atom is -0.480 e. The van der Waals surface area contributed by atoms with E-state index in [1.54, 1.807) is 24.3 Å². The van der Waals surface area contributed by atoms with Crippen molar-refractivity contribution in [3.8, 4) is 0 Å². The molecule has 0 spiro atoms. The molecule has 1 aliphatic rings. The summed E-state index contributed by atoms with van der Waals surface area (Å²) in [5.74, 6) is -0.893. The van der Waals surface area contributed by atoms with E-state index >= 15 is 0 Å². The summed E-state index contributed by atoms with van der Waals surface area (Å²) in [6.45, 7) is 0. The normalized spacial score (nSPS) is 20.8. The van der Waals surface area contributed by atoms with Crippen LogP contribution in [0.25, 0.3) is 0 Å². The van der Waals surface area contributed by atoms with E-state index in [9.17, 15) is 9.59 Å². The molecule has 1 amide bonds. The highest BCUT2D eigenvalue weighted by molar-refractivity contribution is 5.92. The number of carbonyl (C=O) groups excluding carboxylic acids is 1. The van der Waals surface area contributed by atoms with Crippen molar-refractivity contribution in [1.82, 2.24) is 0 Å². The standard InChI is InChI=1S/C18H24N2O3/c19-16(18(22)23)12-13-8-10-15(11-9-13)20-17(21)14-6-4-2-1-3-5-7-14/h1-2,8-11,14,16H,3-7,12,19H2,(H,20,21)(H,22,23)/b2-1+/t14-,16-/m0/s1. The van der Waals surface area contributed by atoms with Crippen LogP contribution in [0.5, 0.6) is 0 Å². The number of anilines is 1. The highest BCUT2D eigenvalue weighted by Gasteiger charge is 2.18. The van der Waals surface area contributed by atoms with Crippen molar-refractivity contribution in [2.45, 2.75) is 44.6 Å². The molecule has 2 atom stereocenters. The summed E-state index contributed by atoms with van der Waals surface area (Å²) >= 11 is 0. The van der Waals surface area contributed by atoms with Crippen molar-refractivity contribution in [3.63, 3.8) is 0 Å². The molecule has 0 radical (unpaired) electrons. The number of rotatable bonds is 5. The van der Waals surface area contributed by atoms with Crippen molar-refractivity contribution in [2.75, 3.05) is 5.32 Å². The van der Waals surface area contributed by atoms with Crippen molar-refractivity contribution in [2.24, 2.45) is 11.7 Å². The fourth-order valence-corrected chi connectivity index (χ4v) is 2.73. The third-order valence-corrected chi connectivity index (χ3v) is 4.14. The van der Waals surface area contributed by atoms with Crippen LogP contribution in [-0.2, 0) is 16.0 Å². The van der Waals surface area contributed by atoms with Gasteiger partial charge >= 0.3 is 5.97 Å². The van der Waals surface area contributed by atoms with Gasteiger partial charge in [0.1, 0.15) is 6.04 Å². The molecule has 1 aliphatic carbocycles. The number of carboxylic acids is 1. The van der Waals surface area contributed by atoms with E-state index in [0.717, 1.165) is 43.4 Å². The summed E-state index contributed by atoms with van der Waals surface area (Å²) in [6.07, 6.45) is 9.45. The Bertz CT molecular complexity index is 566. The van der Waals surface area contributed by atoms with Gasteiger partial charge in [-0.2, -0.15) is 0 Å². The topological polar surface area (TPSA) is 92.4 Å². The second-order valence-corrected chi connectivity index (χ2v) is 6.01. The van der Waals surface area contributed by atoms with Gasteiger partial charge in [0.25, 0.3) is 0 Å². The fraction of sp³-hybridized carbons (Fsp3) is 0.444. The highest BCUT2D eigenvalue weighted by Crippen LogP contribution is 2.21. The zero-order valence-corrected chi connectivity index (χ0v) is 13.2. The summed E-state index contributed by atoms with van der Waals surface area (Å²) in [4.78, 5) is 23.1. The lowest BCUT2D eigenvalue weighted by Gasteiger charge is -2.17. The molecular formula is C18H24N2O3. The van der Waals surface area contributed by atoms with E-state index in [-0.39, 0.29) is 18.2 Å². The van der Waals surface area contributed by atoms with Gasteiger partial charge in [-0.25, -0.2) is 0 Å². The van der Waals surface area contributed by atoms with Crippen LogP contribution < -0.4 is 11.1 Å². The SMILES string of the molecule is N[C@@H](Cc1ccc(NC(=O)[C@H]2CC/C=C/CCC2)cc1)C(=O)O. The minimum atomic E-state index is -1.01. The lowest BCUT2D eigenvalue weighted by molar-refractivity contribution is -0.138. The average molecular weight is 316 g/mol. The first-order valence-electron chi connectivity index (χ1n) is 8.09. The Morgan fingerprint density at radius 2 is 1.87 bits per heavy atom. The van der Waals surface area contributed by atoms with Gasteiger partial charge in [0, 0.05) is 11.6 Å². The van der Waals surface area contributed by atoms with Crippen LogP contribution in [0.3, 0.4) is 0 Å². The first-order valence-corrected chi connectivity index (χ1v) is 8.09. The molecule has 5 nitrogen and oxygen atoms in total. The Morgan fingerprint density at radius 3 is 2.57 bits per heavy atom. The van der Waals surface area contributed by atoms with Crippen LogP contribution >= 0.6 is 0 Å². The summed E-state index contributed by atoms with van der Waals surface area (Å²) in [7, 11) is 0. The molecule has 5 heteroatoms. The van der Waals surface area contributed by atoms with Crippen LogP contribution in [0.2, 0.25) is 0 Å². The number of benzene rings is 1. The number of allylic oxidation sites excluding steroid dienone is 2. The molecule has 0 aliphatic heterocycles. The average Bonchev–Trinajstić information content (AvgIpc) is 2.48. The maximum atomic E-state index is 12.4. The van der Waals surface area contributed by atoms with Gasteiger partial charge < -0.3 is 16.2 Å². The number of carbonyl (C=O) groups is 2. The third-order valence-electron chi connectivity index (χ3n) is 4.14. The molecule has 2 rings (SSSR count). The summed E-state index contributed by atoms with van der Waals surface area (Å²) in [5, 5.41) is 11.8. The van der Waals surface area contributed by atoms with Gasteiger partial charge in [0.15, 0.2) is 0 Å². The summed E-state index contributed by atoms with van der Waals surface area (Å²) in [6, 6.07) is 6.30. The lowest BCUT2D eigenvalue weighted by Crippen LogP contribution is -2.32. The number of hydrogen-bond acceptors (Lipinski definition) is 3. The smallest absolute Gasteiger partial charge is 0.320 e. The van der Waals surface area contributed by atoms with Crippen molar-refractivity contribution < 1.29 is 14.7 Å². The molecule has 0 unspecified atom stereocenters. The Hall–Kier alpha value is -2.14. The molecule has 0 fully saturated rings. The van der Waals surface area contributed by atoms with Crippen molar-refractivity contribution in [1.29, 1.82) is 0 Å². The van der Waals surface area contributed by atoms with Crippen molar-refractivity contribution >= 4 is 17.6 Å². The Morgan fingerprint density at radius 1 is 1.17 bits per heavy atom. The number of carboxylic acid groups (broad SMARTS) is 1. The third kappa shape index (κ3) is 5.53. The predicted octanol–water partition coefficient (Wildman–Crippen LogP) is 2.72. The predicted molar refractivity (Wildman–Crippen MR) is 90.1 cm³/mol. The molecule has 0 saturated heterocycles. The molecular weight excluding hydrogens is 292 g/mol. The van der Waals surface area contributed by atoms with E-state index in [4.69, 9.17) is 10.8 Å². The van der Waals surface area contributed by atoms with Gasteiger partial charge in [0.05, 0.1) is 0 Å². The number of amides is 1. The maximum absolute atomic E-state index is 12.4. The van der Waals surface area contributed by atoms with E-state index in [1.165, 1.54) is 0 Å².